The Bertz CT molecular complexity index is 1040. The molecule has 1 unspecified atom stereocenters. The standard InChI is InChI=1S/C21H24N4O3S/c26-29(27,28)24-13-18-8-4-5-9-21(18)25(14-19-12-22-16-23-19)20(15-24)11-10-17-6-2-1-3-7-17/h1-9,12,16,20H,10-11,13-15H2,(H,22,23)(H,26,27,28). The first-order valence-corrected chi connectivity index (χ1v) is 11.0. The molecule has 0 aliphatic carbocycles. The predicted molar refractivity (Wildman–Crippen MR) is 112 cm³/mol. The van der Waals surface area contributed by atoms with Crippen LogP contribution in [0.25, 0.3) is 0 Å². The number of imidazole rings is 1. The molecule has 0 saturated heterocycles. The second-order valence-corrected chi connectivity index (χ2v) is 8.69. The Kier molecular flexibility index (Phi) is 5.66. The van der Waals surface area contributed by atoms with Gasteiger partial charge in [0.15, 0.2) is 0 Å². The molecule has 7 nitrogen and oxygen atoms in total. The lowest BCUT2D eigenvalue weighted by molar-refractivity contribution is 0.326. The third-order valence-corrected chi connectivity index (χ3v) is 6.26. The van der Waals surface area contributed by atoms with Crippen LogP contribution < -0.4 is 4.90 Å². The summed E-state index contributed by atoms with van der Waals surface area (Å²) in [4.78, 5) is 9.47. The number of anilines is 1. The number of para-hydroxylation sites is 1. The van der Waals surface area contributed by atoms with E-state index in [4.69, 9.17) is 0 Å². The summed E-state index contributed by atoms with van der Waals surface area (Å²) in [6.07, 6.45) is 4.98. The van der Waals surface area contributed by atoms with Crippen LogP contribution in [0, 0.1) is 0 Å². The number of benzene rings is 2. The molecule has 2 N–H and O–H groups in total. The average Bonchev–Trinajstić information content (AvgIpc) is 3.16. The van der Waals surface area contributed by atoms with E-state index in [9.17, 15) is 13.0 Å². The molecule has 1 aliphatic heterocycles. The summed E-state index contributed by atoms with van der Waals surface area (Å²) in [5, 5.41) is 0. The quantitative estimate of drug-likeness (QED) is 0.608. The van der Waals surface area contributed by atoms with E-state index in [1.54, 1.807) is 12.5 Å². The van der Waals surface area contributed by atoms with Gasteiger partial charge in [-0.1, -0.05) is 48.5 Å². The number of aromatic nitrogens is 2. The number of rotatable bonds is 6. The minimum absolute atomic E-state index is 0.107. The van der Waals surface area contributed by atoms with Crippen molar-refractivity contribution in [3.05, 3.63) is 83.9 Å². The van der Waals surface area contributed by atoms with E-state index in [0.29, 0.717) is 6.54 Å². The summed E-state index contributed by atoms with van der Waals surface area (Å²) in [5.74, 6) is 0. The molecule has 0 bridgehead atoms. The lowest BCUT2D eigenvalue weighted by Crippen LogP contribution is -2.43. The Hall–Kier alpha value is -2.68. The molecule has 152 valence electrons. The van der Waals surface area contributed by atoms with Crippen LogP contribution in [0.4, 0.5) is 5.69 Å². The lowest BCUT2D eigenvalue weighted by Gasteiger charge is -2.33. The van der Waals surface area contributed by atoms with Crippen molar-refractivity contribution >= 4 is 16.0 Å². The Morgan fingerprint density at radius 1 is 1.10 bits per heavy atom. The first kappa shape index (κ1) is 19.6. The van der Waals surface area contributed by atoms with Gasteiger partial charge in [-0.3, -0.25) is 4.55 Å². The normalized spacial score (nSPS) is 17.7. The molecule has 2 aromatic carbocycles. The molecule has 29 heavy (non-hydrogen) atoms. The molecule has 0 amide bonds. The average molecular weight is 413 g/mol. The van der Waals surface area contributed by atoms with Gasteiger partial charge in [0.25, 0.3) is 0 Å². The van der Waals surface area contributed by atoms with Gasteiger partial charge in [-0.05, 0) is 30.0 Å². The SMILES string of the molecule is O=S(=O)(O)N1Cc2ccccc2N(Cc2cnc[nH]2)C(CCc2ccccc2)C1. The fourth-order valence-corrected chi connectivity index (χ4v) is 4.54. The lowest BCUT2D eigenvalue weighted by atomic mass is 10.0. The maximum Gasteiger partial charge on any atom is 0.336 e. The highest BCUT2D eigenvalue weighted by Crippen LogP contribution is 2.31. The van der Waals surface area contributed by atoms with Gasteiger partial charge in [-0.15, -0.1) is 0 Å². The molecule has 2 heterocycles. The van der Waals surface area contributed by atoms with Gasteiger partial charge in [-0.25, -0.2) is 4.98 Å². The van der Waals surface area contributed by atoms with Gasteiger partial charge in [0.05, 0.1) is 18.6 Å². The number of aromatic amines is 1. The fraction of sp³-hybridized carbons (Fsp3) is 0.286. The molecule has 0 saturated carbocycles. The van der Waals surface area contributed by atoms with E-state index in [1.807, 2.05) is 42.5 Å². The Balaban J connectivity index is 1.70. The monoisotopic (exact) mass is 412 g/mol. The number of hydrogen-bond donors (Lipinski definition) is 2. The Morgan fingerprint density at radius 3 is 2.59 bits per heavy atom. The first-order valence-electron chi connectivity index (χ1n) is 9.59. The molecule has 0 spiro atoms. The number of fused-ring (bicyclic) bond motifs is 1. The van der Waals surface area contributed by atoms with Crippen molar-refractivity contribution in [3.8, 4) is 0 Å². The minimum Gasteiger partial charge on any atom is -0.361 e. The Labute approximate surface area is 170 Å². The van der Waals surface area contributed by atoms with E-state index in [-0.39, 0.29) is 19.1 Å². The largest absolute Gasteiger partial charge is 0.361 e. The highest BCUT2D eigenvalue weighted by atomic mass is 32.2. The van der Waals surface area contributed by atoms with Crippen molar-refractivity contribution in [1.29, 1.82) is 0 Å². The zero-order valence-electron chi connectivity index (χ0n) is 16.0. The van der Waals surface area contributed by atoms with Crippen LogP contribution in [0.2, 0.25) is 0 Å². The number of aryl methyl sites for hydroxylation is 1. The van der Waals surface area contributed by atoms with Gasteiger partial charge < -0.3 is 9.88 Å². The van der Waals surface area contributed by atoms with Crippen LogP contribution in [0.1, 0.15) is 23.2 Å². The number of H-pyrrole nitrogens is 1. The smallest absolute Gasteiger partial charge is 0.336 e. The van der Waals surface area contributed by atoms with Gasteiger partial charge >= 0.3 is 10.3 Å². The molecule has 4 rings (SSSR count). The topological polar surface area (TPSA) is 89.5 Å². The van der Waals surface area contributed by atoms with Crippen LogP contribution in [-0.4, -0.2) is 39.8 Å². The van der Waals surface area contributed by atoms with Crippen molar-refractivity contribution in [1.82, 2.24) is 14.3 Å². The van der Waals surface area contributed by atoms with Crippen LogP contribution in [-0.2, 0) is 29.8 Å². The second-order valence-electron chi connectivity index (χ2n) is 7.28. The molecule has 0 radical (unpaired) electrons. The zero-order valence-corrected chi connectivity index (χ0v) is 16.8. The molecule has 1 aromatic heterocycles. The predicted octanol–water partition coefficient (Wildman–Crippen LogP) is 3.04. The zero-order chi connectivity index (χ0) is 20.3. The van der Waals surface area contributed by atoms with Crippen molar-refractivity contribution in [2.24, 2.45) is 0 Å². The highest BCUT2D eigenvalue weighted by molar-refractivity contribution is 7.83. The van der Waals surface area contributed by atoms with Crippen molar-refractivity contribution in [3.63, 3.8) is 0 Å². The summed E-state index contributed by atoms with van der Waals surface area (Å²) in [5.41, 5.74) is 3.99. The molecular weight excluding hydrogens is 388 g/mol. The highest BCUT2D eigenvalue weighted by Gasteiger charge is 2.32. The van der Waals surface area contributed by atoms with Crippen LogP contribution >= 0.6 is 0 Å². The number of hydrogen-bond acceptors (Lipinski definition) is 4. The molecular formula is C21H24N4O3S. The van der Waals surface area contributed by atoms with Gasteiger partial charge in [0.1, 0.15) is 0 Å². The first-order chi connectivity index (χ1) is 14.0. The third kappa shape index (κ3) is 4.67. The molecule has 1 atom stereocenters. The molecule has 3 aromatic rings. The number of nitrogens with zero attached hydrogens (tertiary/aromatic N) is 3. The molecule has 0 fully saturated rings. The summed E-state index contributed by atoms with van der Waals surface area (Å²) >= 11 is 0. The van der Waals surface area contributed by atoms with E-state index in [2.05, 4.69) is 27.0 Å². The van der Waals surface area contributed by atoms with E-state index < -0.39 is 10.3 Å². The second kappa shape index (κ2) is 8.36. The molecule has 1 aliphatic rings. The summed E-state index contributed by atoms with van der Waals surface area (Å²) in [6, 6.07) is 17.8. The van der Waals surface area contributed by atoms with Gasteiger partial charge in [-0.2, -0.15) is 12.7 Å². The summed E-state index contributed by atoms with van der Waals surface area (Å²) < 4.78 is 35.0. The minimum atomic E-state index is -4.31. The molecule has 8 heteroatoms. The van der Waals surface area contributed by atoms with E-state index in [0.717, 1.165) is 34.1 Å². The van der Waals surface area contributed by atoms with Crippen LogP contribution in [0.3, 0.4) is 0 Å². The van der Waals surface area contributed by atoms with Crippen LogP contribution in [0.5, 0.6) is 0 Å². The maximum absolute atomic E-state index is 12.0. The number of nitrogens with one attached hydrogen (secondary N) is 1. The van der Waals surface area contributed by atoms with Crippen molar-refractivity contribution < 1.29 is 13.0 Å². The van der Waals surface area contributed by atoms with Crippen molar-refractivity contribution in [2.45, 2.75) is 32.0 Å². The fourth-order valence-electron chi connectivity index (χ4n) is 3.88. The van der Waals surface area contributed by atoms with E-state index in [1.165, 1.54) is 5.56 Å². The van der Waals surface area contributed by atoms with Gasteiger partial charge in [0.2, 0.25) is 0 Å². The summed E-state index contributed by atoms with van der Waals surface area (Å²) in [7, 11) is -4.31. The maximum atomic E-state index is 12.0. The van der Waals surface area contributed by atoms with Crippen molar-refractivity contribution in [2.75, 3.05) is 11.4 Å². The van der Waals surface area contributed by atoms with Crippen LogP contribution in [0.15, 0.2) is 67.1 Å². The van der Waals surface area contributed by atoms with Gasteiger partial charge in [0, 0.05) is 31.0 Å². The third-order valence-electron chi connectivity index (χ3n) is 5.33. The summed E-state index contributed by atoms with van der Waals surface area (Å²) in [6.45, 7) is 0.945. The van der Waals surface area contributed by atoms with E-state index >= 15 is 0 Å². The Morgan fingerprint density at radius 2 is 1.86 bits per heavy atom.